The molecular formula is C17H20ClN3O2. The molecule has 1 saturated carbocycles. The highest BCUT2D eigenvalue weighted by molar-refractivity contribution is 6.31. The van der Waals surface area contributed by atoms with Gasteiger partial charge in [0, 0.05) is 34.4 Å². The van der Waals surface area contributed by atoms with Crippen molar-refractivity contribution in [3.63, 3.8) is 0 Å². The maximum atomic E-state index is 10.9. The van der Waals surface area contributed by atoms with Gasteiger partial charge in [-0.25, -0.2) is 0 Å². The van der Waals surface area contributed by atoms with Crippen LogP contribution in [-0.2, 0) is 4.79 Å². The number of hydrogen-bond donors (Lipinski definition) is 2. The molecule has 0 bridgehead atoms. The number of nitrogens with one attached hydrogen (secondary N) is 1. The number of benzene rings is 1. The second kappa shape index (κ2) is 6.72. The van der Waals surface area contributed by atoms with Crippen molar-refractivity contribution in [2.75, 3.05) is 18.4 Å². The van der Waals surface area contributed by atoms with Gasteiger partial charge < -0.3 is 10.4 Å². The number of aliphatic carboxylic acids is 1. The third-order valence-electron chi connectivity index (χ3n) is 4.44. The predicted molar refractivity (Wildman–Crippen MR) is 92.1 cm³/mol. The molecule has 0 atom stereocenters. The van der Waals surface area contributed by atoms with Crippen LogP contribution in [0.1, 0.15) is 19.8 Å². The van der Waals surface area contributed by atoms with Gasteiger partial charge >= 0.3 is 5.97 Å². The number of carbonyl (C=O) groups is 1. The second-order valence-corrected chi connectivity index (χ2v) is 6.38. The summed E-state index contributed by atoms with van der Waals surface area (Å²) in [5, 5.41) is 14.2. The Morgan fingerprint density at radius 1 is 1.43 bits per heavy atom. The lowest BCUT2D eigenvalue weighted by molar-refractivity contribution is -0.139. The number of hydrogen-bond acceptors (Lipinski definition) is 4. The third kappa shape index (κ3) is 3.57. The topological polar surface area (TPSA) is 65.5 Å². The summed E-state index contributed by atoms with van der Waals surface area (Å²) in [6, 6.07) is 8.33. The molecule has 1 aromatic carbocycles. The van der Waals surface area contributed by atoms with Gasteiger partial charge in [0.2, 0.25) is 0 Å². The highest BCUT2D eigenvalue weighted by Gasteiger charge is 2.33. The summed E-state index contributed by atoms with van der Waals surface area (Å²) in [6.07, 6.45) is 3.69. The lowest BCUT2D eigenvalue weighted by Crippen LogP contribution is -2.51. The molecule has 23 heavy (non-hydrogen) atoms. The number of nitrogens with zero attached hydrogens (tertiary/aromatic N) is 2. The van der Waals surface area contributed by atoms with Crippen LogP contribution in [-0.4, -0.2) is 46.1 Å². The Morgan fingerprint density at radius 2 is 2.22 bits per heavy atom. The van der Waals surface area contributed by atoms with Crippen LogP contribution in [0.3, 0.4) is 0 Å². The number of carboxylic acids is 1. The molecular weight excluding hydrogens is 314 g/mol. The molecule has 2 aromatic rings. The highest BCUT2D eigenvalue weighted by Crippen LogP contribution is 2.31. The van der Waals surface area contributed by atoms with Crippen LogP contribution in [0, 0.1) is 0 Å². The molecule has 1 aliphatic rings. The molecule has 1 aromatic heterocycles. The summed E-state index contributed by atoms with van der Waals surface area (Å²) in [5.41, 5.74) is 1.94. The van der Waals surface area contributed by atoms with E-state index in [4.69, 9.17) is 16.7 Å². The van der Waals surface area contributed by atoms with E-state index < -0.39 is 5.97 Å². The van der Waals surface area contributed by atoms with E-state index in [2.05, 4.69) is 10.3 Å². The number of anilines is 1. The number of fused-ring (bicyclic) bond motifs is 1. The van der Waals surface area contributed by atoms with Crippen LogP contribution in [0.15, 0.2) is 30.5 Å². The van der Waals surface area contributed by atoms with Crippen LogP contribution < -0.4 is 5.32 Å². The molecule has 6 heteroatoms. The SMILES string of the molecule is CCN(CC(=O)O)C1CC(Nc2ccnc3ccc(Cl)cc23)C1. The number of aromatic nitrogens is 1. The average molecular weight is 334 g/mol. The number of rotatable bonds is 6. The summed E-state index contributed by atoms with van der Waals surface area (Å²) >= 11 is 6.09. The zero-order chi connectivity index (χ0) is 16.4. The Morgan fingerprint density at radius 3 is 2.91 bits per heavy atom. The maximum absolute atomic E-state index is 10.9. The van der Waals surface area contributed by atoms with Gasteiger partial charge in [-0.15, -0.1) is 0 Å². The van der Waals surface area contributed by atoms with Gasteiger partial charge in [0.05, 0.1) is 12.1 Å². The van der Waals surface area contributed by atoms with Gasteiger partial charge in [-0.1, -0.05) is 18.5 Å². The van der Waals surface area contributed by atoms with Crippen LogP contribution in [0.5, 0.6) is 0 Å². The van der Waals surface area contributed by atoms with Gasteiger partial charge in [0.25, 0.3) is 0 Å². The summed E-state index contributed by atoms with van der Waals surface area (Å²) in [7, 11) is 0. The Labute approximate surface area is 140 Å². The quantitative estimate of drug-likeness (QED) is 0.849. The molecule has 0 radical (unpaired) electrons. The first-order chi connectivity index (χ1) is 11.1. The van der Waals surface area contributed by atoms with Gasteiger partial charge in [-0.05, 0) is 43.7 Å². The smallest absolute Gasteiger partial charge is 0.317 e. The average Bonchev–Trinajstić information content (AvgIpc) is 2.48. The Bertz CT molecular complexity index is 716. The minimum atomic E-state index is -0.766. The maximum Gasteiger partial charge on any atom is 0.317 e. The summed E-state index contributed by atoms with van der Waals surface area (Å²) in [5.74, 6) is -0.766. The lowest BCUT2D eigenvalue weighted by atomic mass is 9.85. The minimum Gasteiger partial charge on any atom is -0.480 e. The zero-order valence-corrected chi connectivity index (χ0v) is 13.8. The van der Waals surface area contributed by atoms with Crippen molar-refractivity contribution in [1.29, 1.82) is 0 Å². The number of pyridine rings is 1. The van der Waals surface area contributed by atoms with Gasteiger partial charge in [-0.2, -0.15) is 0 Å². The van der Waals surface area contributed by atoms with Gasteiger partial charge in [-0.3, -0.25) is 14.7 Å². The van der Waals surface area contributed by atoms with E-state index in [1.807, 2.05) is 36.1 Å². The molecule has 5 nitrogen and oxygen atoms in total. The van der Waals surface area contributed by atoms with E-state index in [0.717, 1.165) is 36.0 Å². The highest BCUT2D eigenvalue weighted by atomic mass is 35.5. The summed E-state index contributed by atoms with van der Waals surface area (Å²) < 4.78 is 0. The number of likely N-dealkylation sites (N-methyl/N-ethyl adjacent to an activating group) is 1. The van der Waals surface area contributed by atoms with Crippen molar-refractivity contribution in [2.24, 2.45) is 0 Å². The van der Waals surface area contributed by atoms with Crippen LogP contribution >= 0.6 is 11.6 Å². The molecule has 0 aliphatic heterocycles. The molecule has 0 amide bonds. The predicted octanol–water partition coefficient (Wildman–Crippen LogP) is 3.24. The fourth-order valence-electron chi connectivity index (χ4n) is 3.14. The summed E-state index contributed by atoms with van der Waals surface area (Å²) in [4.78, 5) is 17.3. The molecule has 122 valence electrons. The first-order valence-corrected chi connectivity index (χ1v) is 8.21. The first-order valence-electron chi connectivity index (χ1n) is 7.83. The molecule has 3 rings (SSSR count). The minimum absolute atomic E-state index is 0.113. The van der Waals surface area contributed by atoms with Gasteiger partial charge in [0.1, 0.15) is 0 Å². The third-order valence-corrected chi connectivity index (χ3v) is 4.67. The normalized spacial score (nSPS) is 20.5. The van der Waals surface area contributed by atoms with Crippen molar-refractivity contribution in [3.8, 4) is 0 Å². The lowest BCUT2D eigenvalue weighted by Gasteiger charge is -2.42. The number of halogens is 1. The van der Waals surface area contributed by atoms with Crippen molar-refractivity contribution >= 4 is 34.2 Å². The number of carboxylic acid groups (broad SMARTS) is 1. The monoisotopic (exact) mass is 333 g/mol. The zero-order valence-electron chi connectivity index (χ0n) is 13.0. The Hall–Kier alpha value is -1.85. The summed E-state index contributed by atoms with van der Waals surface area (Å²) in [6.45, 7) is 2.88. The van der Waals surface area contributed by atoms with E-state index in [1.165, 1.54) is 0 Å². The van der Waals surface area contributed by atoms with Crippen molar-refractivity contribution in [1.82, 2.24) is 9.88 Å². The Kier molecular flexibility index (Phi) is 4.68. The Balaban J connectivity index is 1.66. The van der Waals surface area contributed by atoms with Crippen molar-refractivity contribution < 1.29 is 9.90 Å². The molecule has 0 spiro atoms. The van der Waals surface area contributed by atoms with Crippen LogP contribution in [0.25, 0.3) is 10.9 Å². The second-order valence-electron chi connectivity index (χ2n) is 5.94. The van der Waals surface area contributed by atoms with E-state index >= 15 is 0 Å². The molecule has 1 heterocycles. The van der Waals surface area contributed by atoms with Crippen molar-refractivity contribution in [2.45, 2.75) is 31.8 Å². The van der Waals surface area contributed by atoms with Crippen molar-refractivity contribution in [3.05, 3.63) is 35.5 Å². The van der Waals surface area contributed by atoms with E-state index in [-0.39, 0.29) is 6.54 Å². The molecule has 0 saturated heterocycles. The molecule has 1 aliphatic carbocycles. The molecule has 2 N–H and O–H groups in total. The fourth-order valence-corrected chi connectivity index (χ4v) is 3.31. The van der Waals surface area contributed by atoms with Crippen LogP contribution in [0.4, 0.5) is 5.69 Å². The van der Waals surface area contributed by atoms with E-state index in [1.54, 1.807) is 6.20 Å². The largest absolute Gasteiger partial charge is 0.480 e. The standard InChI is InChI=1S/C17H20ClN3O2/c1-2-21(10-17(22)23)13-8-12(9-13)20-16-5-6-19-15-4-3-11(18)7-14(15)16/h3-7,12-13H,2,8-10H2,1H3,(H,19,20)(H,22,23). The van der Waals surface area contributed by atoms with Crippen LogP contribution in [0.2, 0.25) is 5.02 Å². The fraction of sp³-hybridized carbons (Fsp3) is 0.412. The first kappa shape index (κ1) is 16.0. The molecule has 1 fully saturated rings. The molecule has 0 unspecified atom stereocenters. The van der Waals surface area contributed by atoms with E-state index in [0.29, 0.717) is 17.1 Å². The van der Waals surface area contributed by atoms with E-state index in [9.17, 15) is 4.79 Å². The van der Waals surface area contributed by atoms with Gasteiger partial charge in [0.15, 0.2) is 0 Å².